The Morgan fingerprint density at radius 2 is 1.64 bits per heavy atom. The summed E-state index contributed by atoms with van der Waals surface area (Å²) in [4.78, 5) is 22.0. The maximum absolute atomic E-state index is 11.9. The van der Waals surface area contributed by atoms with Crippen molar-refractivity contribution in [3.05, 3.63) is 64.2 Å². The number of anilines is 1. The van der Waals surface area contributed by atoms with Crippen LogP contribution in [0.4, 0.5) is 16.2 Å². The molecule has 0 bridgehead atoms. The first-order valence-electron chi connectivity index (χ1n) is 7.93. The van der Waals surface area contributed by atoms with E-state index in [-0.39, 0.29) is 5.69 Å². The molecule has 0 heterocycles. The molecule has 0 spiro atoms. The number of nitro groups is 1. The molecular formula is C18H21N3O4. The summed E-state index contributed by atoms with van der Waals surface area (Å²) in [5.74, 6) is 1.10. The van der Waals surface area contributed by atoms with E-state index in [4.69, 9.17) is 4.74 Å². The minimum absolute atomic E-state index is 0.0347. The second-order valence-electron chi connectivity index (χ2n) is 5.89. The van der Waals surface area contributed by atoms with Gasteiger partial charge in [-0.15, -0.1) is 0 Å². The number of hydrogen-bond donors (Lipinski definition) is 2. The van der Waals surface area contributed by atoms with Gasteiger partial charge in [0.2, 0.25) is 0 Å². The molecule has 132 valence electrons. The van der Waals surface area contributed by atoms with E-state index < -0.39 is 17.2 Å². The zero-order chi connectivity index (χ0) is 18.4. The van der Waals surface area contributed by atoms with E-state index in [2.05, 4.69) is 24.5 Å². The van der Waals surface area contributed by atoms with Crippen LogP contribution in [0.3, 0.4) is 0 Å². The number of non-ortho nitro benzene ring substituents is 1. The average molecular weight is 343 g/mol. The number of amides is 2. The van der Waals surface area contributed by atoms with Gasteiger partial charge in [0.1, 0.15) is 5.75 Å². The summed E-state index contributed by atoms with van der Waals surface area (Å²) in [6, 6.07) is 12.8. The summed E-state index contributed by atoms with van der Waals surface area (Å²) < 4.78 is 5.65. The molecule has 0 saturated heterocycles. The average Bonchev–Trinajstić information content (AvgIpc) is 2.55. The maximum Gasteiger partial charge on any atom is 0.322 e. The summed E-state index contributed by atoms with van der Waals surface area (Å²) in [5.41, 5.74) is 1.63. The first-order chi connectivity index (χ1) is 11.8. The number of rotatable bonds is 6. The van der Waals surface area contributed by atoms with Crippen molar-refractivity contribution in [1.82, 2.24) is 5.32 Å². The van der Waals surface area contributed by atoms with Gasteiger partial charge < -0.3 is 15.4 Å². The third-order valence-corrected chi connectivity index (χ3v) is 3.53. The molecule has 0 aromatic heterocycles. The van der Waals surface area contributed by atoms with Crippen molar-refractivity contribution in [2.24, 2.45) is 0 Å². The van der Waals surface area contributed by atoms with Gasteiger partial charge in [-0.05, 0) is 42.7 Å². The van der Waals surface area contributed by atoms with Crippen LogP contribution in [0, 0.1) is 10.1 Å². The van der Waals surface area contributed by atoms with Crippen LogP contribution in [0.2, 0.25) is 0 Å². The Bertz CT molecular complexity index is 727. The quantitative estimate of drug-likeness (QED) is 0.465. The second kappa shape index (κ2) is 8.14. The third kappa shape index (κ3) is 5.49. The molecule has 1 unspecified atom stereocenters. The molecule has 7 heteroatoms. The molecule has 0 saturated carbocycles. The fraction of sp³-hybridized carbons (Fsp3) is 0.278. The number of carbonyl (C=O) groups is 1. The smallest absolute Gasteiger partial charge is 0.322 e. The molecule has 0 aliphatic carbocycles. The molecule has 2 aromatic carbocycles. The first kappa shape index (κ1) is 18.3. The SMILES string of the molecule is CC(NC(=O)Nc1ccc([N+](=O)[O-])cc1)Oc1ccc(C(C)C)cc1. The molecule has 0 radical (unpaired) electrons. The van der Waals surface area contributed by atoms with E-state index in [1.807, 2.05) is 24.3 Å². The molecular weight excluding hydrogens is 322 g/mol. The number of urea groups is 1. The molecule has 7 nitrogen and oxygen atoms in total. The van der Waals surface area contributed by atoms with Crippen LogP contribution in [0.15, 0.2) is 48.5 Å². The van der Waals surface area contributed by atoms with Gasteiger partial charge in [-0.25, -0.2) is 4.79 Å². The highest BCUT2D eigenvalue weighted by Gasteiger charge is 2.10. The predicted molar refractivity (Wildman–Crippen MR) is 95.9 cm³/mol. The van der Waals surface area contributed by atoms with Gasteiger partial charge in [0.25, 0.3) is 5.69 Å². The Labute approximate surface area is 146 Å². The van der Waals surface area contributed by atoms with Crippen molar-refractivity contribution in [2.75, 3.05) is 5.32 Å². The molecule has 0 fully saturated rings. The topological polar surface area (TPSA) is 93.5 Å². The lowest BCUT2D eigenvalue weighted by atomic mass is 10.0. The summed E-state index contributed by atoms with van der Waals surface area (Å²) in [5, 5.41) is 15.8. The Balaban J connectivity index is 1.86. The number of nitrogens with one attached hydrogen (secondary N) is 2. The number of benzene rings is 2. The van der Waals surface area contributed by atoms with Crippen molar-refractivity contribution in [3.63, 3.8) is 0 Å². The summed E-state index contributed by atoms with van der Waals surface area (Å²) in [6.45, 7) is 5.94. The number of nitrogens with zero attached hydrogens (tertiary/aromatic N) is 1. The summed E-state index contributed by atoms with van der Waals surface area (Å²) >= 11 is 0. The van der Waals surface area contributed by atoms with Crippen molar-refractivity contribution in [1.29, 1.82) is 0 Å². The standard InChI is InChI=1S/C18H21N3O4/c1-12(2)14-4-10-17(11-5-14)25-13(3)19-18(22)20-15-6-8-16(9-7-15)21(23)24/h4-13H,1-3H3,(H2,19,20,22). The highest BCUT2D eigenvalue weighted by molar-refractivity contribution is 5.89. The van der Waals surface area contributed by atoms with E-state index in [0.717, 1.165) is 0 Å². The molecule has 1 atom stereocenters. The highest BCUT2D eigenvalue weighted by Crippen LogP contribution is 2.19. The molecule has 25 heavy (non-hydrogen) atoms. The lowest BCUT2D eigenvalue weighted by Crippen LogP contribution is -2.39. The fourth-order valence-electron chi connectivity index (χ4n) is 2.18. The lowest BCUT2D eigenvalue weighted by Gasteiger charge is -2.17. The first-order valence-corrected chi connectivity index (χ1v) is 7.93. The molecule has 0 aliphatic rings. The number of carbonyl (C=O) groups excluding carboxylic acids is 1. The number of nitro benzene ring substituents is 1. The molecule has 0 aliphatic heterocycles. The van der Waals surface area contributed by atoms with Crippen molar-refractivity contribution in [2.45, 2.75) is 32.9 Å². The van der Waals surface area contributed by atoms with Crippen LogP contribution in [0.25, 0.3) is 0 Å². The zero-order valence-corrected chi connectivity index (χ0v) is 14.4. The predicted octanol–water partition coefficient (Wildman–Crippen LogP) is 4.26. The van der Waals surface area contributed by atoms with Crippen LogP contribution >= 0.6 is 0 Å². The Morgan fingerprint density at radius 3 is 2.16 bits per heavy atom. The van der Waals surface area contributed by atoms with Gasteiger partial charge in [0.05, 0.1) is 4.92 Å². The lowest BCUT2D eigenvalue weighted by molar-refractivity contribution is -0.384. The van der Waals surface area contributed by atoms with E-state index in [1.54, 1.807) is 6.92 Å². The normalized spacial score (nSPS) is 11.7. The second-order valence-corrected chi connectivity index (χ2v) is 5.89. The minimum Gasteiger partial charge on any atom is -0.471 e. The van der Waals surface area contributed by atoms with E-state index in [9.17, 15) is 14.9 Å². The van der Waals surface area contributed by atoms with Gasteiger partial charge in [0, 0.05) is 17.8 Å². The van der Waals surface area contributed by atoms with Gasteiger partial charge in [0.15, 0.2) is 6.23 Å². The van der Waals surface area contributed by atoms with E-state index in [0.29, 0.717) is 17.4 Å². The largest absolute Gasteiger partial charge is 0.471 e. The highest BCUT2D eigenvalue weighted by atomic mass is 16.6. The van der Waals surface area contributed by atoms with Gasteiger partial charge >= 0.3 is 6.03 Å². The van der Waals surface area contributed by atoms with Crippen LogP contribution < -0.4 is 15.4 Å². The van der Waals surface area contributed by atoms with E-state index in [1.165, 1.54) is 29.8 Å². The molecule has 2 N–H and O–H groups in total. The van der Waals surface area contributed by atoms with Crippen LogP contribution in [0.1, 0.15) is 32.3 Å². The fourth-order valence-corrected chi connectivity index (χ4v) is 2.18. The van der Waals surface area contributed by atoms with Crippen LogP contribution in [0.5, 0.6) is 5.75 Å². The summed E-state index contributed by atoms with van der Waals surface area (Å²) in [6.07, 6.45) is -0.539. The third-order valence-electron chi connectivity index (χ3n) is 3.53. The number of hydrogen-bond acceptors (Lipinski definition) is 4. The number of ether oxygens (including phenoxy) is 1. The van der Waals surface area contributed by atoms with Crippen LogP contribution in [-0.2, 0) is 0 Å². The van der Waals surface area contributed by atoms with Crippen LogP contribution in [-0.4, -0.2) is 17.2 Å². The van der Waals surface area contributed by atoms with Gasteiger partial charge in [-0.1, -0.05) is 26.0 Å². The maximum atomic E-state index is 11.9. The summed E-state index contributed by atoms with van der Waals surface area (Å²) in [7, 11) is 0. The van der Waals surface area contributed by atoms with E-state index >= 15 is 0 Å². The van der Waals surface area contributed by atoms with Gasteiger partial charge in [-0.3, -0.25) is 10.1 Å². The van der Waals surface area contributed by atoms with Crippen molar-refractivity contribution < 1.29 is 14.5 Å². The van der Waals surface area contributed by atoms with Crippen molar-refractivity contribution >= 4 is 17.4 Å². The zero-order valence-electron chi connectivity index (χ0n) is 14.4. The molecule has 2 aromatic rings. The van der Waals surface area contributed by atoms with Gasteiger partial charge in [-0.2, -0.15) is 0 Å². The Kier molecular flexibility index (Phi) is 5.94. The Hall–Kier alpha value is -3.09. The van der Waals surface area contributed by atoms with Crippen molar-refractivity contribution in [3.8, 4) is 5.75 Å². The molecule has 2 rings (SSSR count). The minimum atomic E-state index is -0.539. The Morgan fingerprint density at radius 1 is 1.04 bits per heavy atom. The molecule has 2 amide bonds. The monoisotopic (exact) mass is 343 g/mol.